The third kappa shape index (κ3) is 0.932. The van der Waals surface area contributed by atoms with Crippen LogP contribution in [0.15, 0.2) is 12.2 Å². The zero-order valence-corrected chi connectivity index (χ0v) is 6.90. The molecule has 2 aliphatic rings. The summed E-state index contributed by atoms with van der Waals surface area (Å²) in [6.45, 7) is 4.08. The van der Waals surface area contributed by atoms with Gasteiger partial charge in [0, 0.05) is 11.8 Å². The quantitative estimate of drug-likeness (QED) is 0.526. The van der Waals surface area contributed by atoms with Crippen LogP contribution >= 0.6 is 0 Å². The minimum atomic E-state index is -0.200. The molecule has 0 aliphatic carbocycles. The van der Waals surface area contributed by atoms with Crippen molar-refractivity contribution in [1.29, 1.82) is 0 Å². The van der Waals surface area contributed by atoms with Gasteiger partial charge in [0.25, 0.3) is 0 Å². The van der Waals surface area contributed by atoms with Gasteiger partial charge in [0.2, 0.25) is 0 Å². The summed E-state index contributed by atoms with van der Waals surface area (Å²) < 4.78 is 5.62. The van der Waals surface area contributed by atoms with E-state index in [2.05, 4.69) is 12.2 Å². The Bertz CT molecular complexity index is 170. The molecule has 0 spiro atoms. The van der Waals surface area contributed by atoms with Crippen molar-refractivity contribution in [3.8, 4) is 0 Å². The summed E-state index contributed by atoms with van der Waals surface area (Å²) in [5.41, 5.74) is 0. The van der Waals surface area contributed by atoms with Crippen LogP contribution in [0.5, 0.6) is 0 Å². The first kappa shape index (κ1) is 7.32. The van der Waals surface area contributed by atoms with Gasteiger partial charge in [-0.15, -0.1) is 0 Å². The Kier molecular flexibility index (Phi) is 1.55. The van der Waals surface area contributed by atoms with Crippen LogP contribution in [0, 0.1) is 11.8 Å². The molecular weight excluding hydrogens is 140 g/mol. The summed E-state index contributed by atoms with van der Waals surface area (Å²) in [6.07, 6.45) is 4.26. The number of aliphatic hydroxyl groups excluding tert-OH is 1. The van der Waals surface area contributed by atoms with Crippen LogP contribution < -0.4 is 0 Å². The largest absolute Gasteiger partial charge is 0.392 e. The fraction of sp³-hybridized carbons (Fsp3) is 0.778. The van der Waals surface area contributed by atoms with Gasteiger partial charge in [0.05, 0.1) is 18.3 Å². The number of hydrogen-bond donors (Lipinski definition) is 1. The minimum absolute atomic E-state index is 0.159. The van der Waals surface area contributed by atoms with Gasteiger partial charge in [-0.25, -0.2) is 0 Å². The van der Waals surface area contributed by atoms with Gasteiger partial charge < -0.3 is 9.84 Å². The normalized spacial score (nSPS) is 55.0. The first-order valence-corrected chi connectivity index (χ1v) is 4.22. The molecule has 2 heteroatoms. The lowest BCUT2D eigenvalue weighted by atomic mass is 9.86. The summed E-state index contributed by atoms with van der Waals surface area (Å²) in [6, 6.07) is 0. The first-order chi connectivity index (χ1) is 5.20. The van der Waals surface area contributed by atoms with Crippen LogP contribution in [0.1, 0.15) is 13.8 Å². The summed E-state index contributed by atoms with van der Waals surface area (Å²) in [5.74, 6) is 0.500. The lowest BCUT2D eigenvalue weighted by molar-refractivity contribution is -0.116. The molecule has 1 fully saturated rings. The maximum absolute atomic E-state index is 9.71. The zero-order chi connectivity index (χ0) is 8.01. The van der Waals surface area contributed by atoms with Gasteiger partial charge in [0.1, 0.15) is 0 Å². The van der Waals surface area contributed by atoms with Crippen molar-refractivity contribution in [2.24, 2.45) is 11.8 Å². The highest BCUT2D eigenvalue weighted by Gasteiger charge is 2.41. The van der Waals surface area contributed by atoms with Crippen LogP contribution in [-0.4, -0.2) is 23.4 Å². The lowest BCUT2D eigenvalue weighted by Gasteiger charge is -2.36. The highest BCUT2D eigenvalue weighted by Crippen LogP contribution is 2.35. The number of fused-ring (bicyclic) bond motifs is 2. The molecule has 1 saturated heterocycles. The Labute approximate surface area is 66.9 Å². The second-order valence-electron chi connectivity index (χ2n) is 3.66. The predicted molar refractivity (Wildman–Crippen MR) is 42.1 cm³/mol. The molecule has 0 aromatic carbocycles. The van der Waals surface area contributed by atoms with Crippen molar-refractivity contribution < 1.29 is 9.84 Å². The molecule has 0 aromatic rings. The van der Waals surface area contributed by atoms with Crippen LogP contribution in [-0.2, 0) is 4.74 Å². The Morgan fingerprint density at radius 1 is 1.09 bits per heavy atom. The maximum atomic E-state index is 9.71. The van der Waals surface area contributed by atoms with Crippen molar-refractivity contribution in [1.82, 2.24) is 0 Å². The summed E-state index contributed by atoms with van der Waals surface area (Å²) in [7, 11) is 0. The van der Waals surface area contributed by atoms with Gasteiger partial charge in [-0.2, -0.15) is 0 Å². The van der Waals surface area contributed by atoms with E-state index in [1.54, 1.807) is 0 Å². The number of hydrogen-bond acceptors (Lipinski definition) is 2. The van der Waals surface area contributed by atoms with E-state index in [1.165, 1.54) is 0 Å². The fourth-order valence-corrected chi connectivity index (χ4v) is 1.96. The topological polar surface area (TPSA) is 29.5 Å². The monoisotopic (exact) mass is 154 g/mol. The minimum Gasteiger partial charge on any atom is -0.392 e. The molecule has 2 aliphatic heterocycles. The third-order valence-corrected chi connectivity index (χ3v) is 2.92. The summed E-state index contributed by atoms with van der Waals surface area (Å²) in [4.78, 5) is 0. The van der Waals surface area contributed by atoms with E-state index in [-0.39, 0.29) is 30.1 Å². The van der Waals surface area contributed by atoms with Gasteiger partial charge in [-0.1, -0.05) is 26.0 Å². The second-order valence-corrected chi connectivity index (χ2v) is 3.66. The Morgan fingerprint density at radius 2 is 1.55 bits per heavy atom. The van der Waals surface area contributed by atoms with Crippen LogP contribution in [0.4, 0.5) is 0 Å². The number of aliphatic hydroxyl groups is 1. The van der Waals surface area contributed by atoms with Gasteiger partial charge in [0.15, 0.2) is 0 Å². The van der Waals surface area contributed by atoms with E-state index in [4.69, 9.17) is 4.74 Å². The van der Waals surface area contributed by atoms with Gasteiger partial charge in [-0.05, 0) is 0 Å². The van der Waals surface area contributed by atoms with Crippen molar-refractivity contribution in [3.05, 3.63) is 12.2 Å². The third-order valence-electron chi connectivity index (χ3n) is 2.92. The highest BCUT2D eigenvalue weighted by molar-refractivity contribution is 5.11. The van der Waals surface area contributed by atoms with Crippen LogP contribution in [0.25, 0.3) is 0 Å². The average molecular weight is 154 g/mol. The molecule has 5 atom stereocenters. The smallest absolute Gasteiger partial charge is 0.0815 e. The summed E-state index contributed by atoms with van der Waals surface area (Å²) in [5, 5.41) is 9.71. The van der Waals surface area contributed by atoms with E-state index in [9.17, 15) is 5.11 Å². The molecule has 11 heavy (non-hydrogen) atoms. The number of rotatable bonds is 0. The molecule has 62 valence electrons. The predicted octanol–water partition coefficient (Wildman–Crippen LogP) is 0.957. The Morgan fingerprint density at radius 3 is 2.00 bits per heavy atom. The fourth-order valence-electron chi connectivity index (χ4n) is 1.96. The van der Waals surface area contributed by atoms with Gasteiger partial charge >= 0.3 is 0 Å². The van der Waals surface area contributed by atoms with Crippen LogP contribution in [0.2, 0.25) is 0 Å². The SMILES string of the molecule is C[C@@H]1C2C=C[C@@H](O2)[C@H](C)C1O. The van der Waals surface area contributed by atoms with E-state index in [0.29, 0.717) is 0 Å². The molecule has 2 unspecified atom stereocenters. The Hall–Kier alpha value is -0.340. The van der Waals surface area contributed by atoms with Crippen molar-refractivity contribution >= 4 is 0 Å². The molecule has 0 saturated carbocycles. The van der Waals surface area contributed by atoms with Crippen LogP contribution in [0.3, 0.4) is 0 Å². The Balaban J connectivity index is 2.22. The van der Waals surface area contributed by atoms with E-state index < -0.39 is 0 Å². The molecule has 0 radical (unpaired) electrons. The molecule has 2 bridgehead atoms. The van der Waals surface area contributed by atoms with Crippen molar-refractivity contribution in [3.63, 3.8) is 0 Å². The average Bonchev–Trinajstić information content (AvgIpc) is 2.44. The lowest BCUT2D eigenvalue weighted by Crippen LogP contribution is -2.44. The molecular formula is C9H14O2. The molecule has 1 N–H and O–H groups in total. The zero-order valence-electron chi connectivity index (χ0n) is 6.90. The molecule has 2 rings (SSSR count). The van der Waals surface area contributed by atoms with E-state index in [0.717, 1.165) is 0 Å². The molecule has 0 aromatic heterocycles. The standard InChI is InChI=1S/C9H14O2/c1-5-7-3-4-8(11-7)6(2)9(5)10/h3-10H,1-2H3/t5-,6+,7+,8?,9?/m0/s1. The van der Waals surface area contributed by atoms with Gasteiger partial charge in [-0.3, -0.25) is 0 Å². The van der Waals surface area contributed by atoms with E-state index in [1.807, 2.05) is 13.8 Å². The highest BCUT2D eigenvalue weighted by atomic mass is 16.5. The molecule has 0 amide bonds. The second kappa shape index (κ2) is 2.32. The molecule has 2 nitrogen and oxygen atoms in total. The van der Waals surface area contributed by atoms with E-state index >= 15 is 0 Å². The summed E-state index contributed by atoms with van der Waals surface area (Å²) >= 11 is 0. The maximum Gasteiger partial charge on any atom is 0.0815 e. The number of ether oxygens (including phenoxy) is 1. The first-order valence-electron chi connectivity index (χ1n) is 4.22. The molecule has 2 heterocycles. The van der Waals surface area contributed by atoms with Crippen molar-refractivity contribution in [2.75, 3.05) is 0 Å². The van der Waals surface area contributed by atoms with Crippen molar-refractivity contribution in [2.45, 2.75) is 32.2 Å².